The summed E-state index contributed by atoms with van der Waals surface area (Å²) in [7, 11) is 0. The highest BCUT2D eigenvalue weighted by Gasteiger charge is 2.42. The summed E-state index contributed by atoms with van der Waals surface area (Å²) in [4.78, 5) is 2.45. The highest BCUT2D eigenvalue weighted by atomic mass is 16.3. The minimum atomic E-state index is -0.513. The Hall–Kier alpha value is -0.900. The molecule has 122 valence electrons. The van der Waals surface area contributed by atoms with Crippen molar-refractivity contribution in [1.29, 1.82) is 0 Å². The SMILES string of the molecule is CC1(O)CCC(C2(O)CCN(Cc3ccccc3)CC2)CC1. The van der Waals surface area contributed by atoms with Gasteiger partial charge in [0.2, 0.25) is 0 Å². The average molecular weight is 303 g/mol. The number of hydrogen-bond acceptors (Lipinski definition) is 3. The molecule has 1 heterocycles. The second kappa shape index (κ2) is 6.31. The second-order valence-corrected chi connectivity index (χ2v) is 7.64. The van der Waals surface area contributed by atoms with Gasteiger partial charge in [0.15, 0.2) is 0 Å². The van der Waals surface area contributed by atoms with Gasteiger partial charge >= 0.3 is 0 Å². The first-order valence-corrected chi connectivity index (χ1v) is 8.68. The maximum atomic E-state index is 11.0. The Morgan fingerprint density at radius 3 is 2.18 bits per heavy atom. The number of likely N-dealkylation sites (tertiary alicyclic amines) is 1. The molecule has 1 saturated carbocycles. The van der Waals surface area contributed by atoms with E-state index in [1.165, 1.54) is 5.56 Å². The molecule has 0 amide bonds. The quantitative estimate of drug-likeness (QED) is 0.902. The summed E-state index contributed by atoms with van der Waals surface area (Å²) in [5.74, 6) is 0.367. The predicted molar refractivity (Wildman–Crippen MR) is 88.5 cm³/mol. The van der Waals surface area contributed by atoms with E-state index in [4.69, 9.17) is 0 Å². The van der Waals surface area contributed by atoms with Crippen LogP contribution in [0.15, 0.2) is 30.3 Å². The fourth-order valence-corrected chi connectivity index (χ4v) is 4.13. The van der Waals surface area contributed by atoms with Crippen molar-refractivity contribution in [3.63, 3.8) is 0 Å². The molecule has 3 rings (SSSR count). The normalized spacial score (nSPS) is 32.8. The molecule has 0 spiro atoms. The maximum Gasteiger partial charge on any atom is 0.0700 e. The van der Waals surface area contributed by atoms with Crippen LogP contribution in [0.2, 0.25) is 0 Å². The van der Waals surface area contributed by atoms with Gasteiger partial charge in [-0.05, 0) is 56.9 Å². The van der Waals surface area contributed by atoms with Crippen molar-refractivity contribution in [3.05, 3.63) is 35.9 Å². The lowest BCUT2D eigenvalue weighted by Gasteiger charge is -2.46. The summed E-state index contributed by atoms with van der Waals surface area (Å²) in [6.07, 6.45) is 5.31. The van der Waals surface area contributed by atoms with Crippen LogP contribution in [0.5, 0.6) is 0 Å². The van der Waals surface area contributed by atoms with Crippen molar-refractivity contribution in [2.75, 3.05) is 13.1 Å². The van der Waals surface area contributed by atoms with Crippen LogP contribution in [0.4, 0.5) is 0 Å². The van der Waals surface area contributed by atoms with Gasteiger partial charge in [0.1, 0.15) is 0 Å². The van der Waals surface area contributed by atoms with Crippen LogP contribution in [-0.2, 0) is 6.54 Å². The van der Waals surface area contributed by atoms with E-state index in [0.717, 1.165) is 58.2 Å². The van der Waals surface area contributed by atoms with E-state index in [1.54, 1.807) is 0 Å². The summed E-state index contributed by atoms with van der Waals surface area (Å²) >= 11 is 0. The Morgan fingerprint density at radius 2 is 1.59 bits per heavy atom. The summed E-state index contributed by atoms with van der Waals surface area (Å²) < 4.78 is 0. The highest BCUT2D eigenvalue weighted by Crippen LogP contribution is 2.42. The van der Waals surface area contributed by atoms with Crippen molar-refractivity contribution in [1.82, 2.24) is 4.90 Å². The monoisotopic (exact) mass is 303 g/mol. The fraction of sp³-hybridized carbons (Fsp3) is 0.684. The largest absolute Gasteiger partial charge is 0.390 e. The standard InChI is InChI=1S/C19H29NO2/c1-18(21)9-7-17(8-10-18)19(22)11-13-20(14-12-19)15-16-5-3-2-4-6-16/h2-6,17,21-22H,7-15H2,1H3. The van der Waals surface area contributed by atoms with Gasteiger partial charge in [-0.25, -0.2) is 0 Å². The molecule has 1 aromatic rings. The Morgan fingerprint density at radius 1 is 1.00 bits per heavy atom. The molecule has 1 saturated heterocycles. The molecular formula is C19H29NO2. The fourth-order valence-electron chi connectivity index (χ4n) is 4.13. The van der Waals surface area contributed by atoms with E-state index in [9.17, 15) is 10.2 Å². The molecule has 22 heavy (non-hydrogen) atoms. The molecule has 3 nitrogen and oxygen atoms in total. The lowest BCUT2D eigenvalue weighted by atomic mass is 9.69. The molecule has 0 aromatic heterocycles. The first-order valence-electron chi connectivity index (χ1n) is 8.68. The Kier molecular flexibility index (Phi) is 4.58. The van der Waals surface area contributed by atoms with E-state index in [2.05, 4.69) is 35.2 Å². The molecule has 1 aliphatic carbocycles. The smallest absolute Gasteiger partial charge is 0.0700 e. The zero-order valence-corrected chi connectivity index (χ0v) is 13.7. The summed E-state index contributed by atoms with van der Waals surface area (Å²) in [6.45, 7) is 4.85. The van der Waals surface area contributed by atoms with Gasteiger partial charge < -0.3 is 10.2 Å². The van der Waals surface area contributed by atoms with Gasteiger partial charge in [-0.2, -0.15) is 0 Å². The van der Waals surface area contributed by atoms with Gasteiger partial charge in [-0.3, -0.25) is 4.90 Å². The molecule has 1 aromatic carbocycles. The topological polar surface area (TPSA) is 43.7 Å². The molecule has 0 radical (unpaired) electrons. The van der Waals surface area contributed by atoms with Crippen LogP contribution in [0, 0.1) is 5.92 Å². The van der Waals surface area contributed by atoms with Crippen LogP contribution >= 0.6 is 0 Å². The third kappa shape index (κ3) is 3.70. The van der Waals surface area contributed by atoms with Crippen molar-refractivity contribution in [3.8, 4) is 0 Å². The zero-order chi connectivity index (χ0) is 15.6. The molecule has 2 N–H and O–H groups in total. The Bertz CT molecular complexity index is 467. The maximum absolute atomic E-state index is 11.0. The van der Waals surface area contributed by atoms with E-state index < -0.39 is 11.2 Å². The summed E-state index contributed by atoms with van der Waals surface area (Å²) in [5, 5.41) is 21.1. The van der Waals surface area contributed by atoms with Gasteiger partial charge in [0.25, 0.3) is 0 Å². The number of benzene rings is 1. The van der Waals surface area contributed by atoms with Crippen LogP contribution in [-0.4, -0.2) is 39.4 Å². The van der Waals surface area contributed by atoms with Crippen LogP contribution in [0.25, 0.3) is 0 Å². The molecule has 3 heteroatoms. The van der Waals surface area contributed by atoms with Gasteiger partial charge in [0.05, 0.1) is 11.2 Å². The number of hydrogen-bond donors (Lipinski definition) is 2. The zero-order valence-electron chi connectivity index (χ0n) is 13.7. The Labute approximate surface area is 134 Å². The molecule has 0 bridgehead atoms. The molecule has 0 unspecified atom stereocenters. The highest BCUT2D eigenvalue weighted by molar-refractivity contribution is 5.14. The number of aliphatic hydroxyl groups is 2. The van der Waals surface area contributed by atoms with Crippen molar-refractivity contribution in [2.24, 2.45) is 5.92 Å². The minimum absolute atomic E-state index is 0.367. The lowest BCUT2D eigenvalue weighted by Crippen LogP contribution is -2.50. The molecule has 2 fully saturated rings. The first-order chi connectivity index (χ1) is 10.5. The van der Waals surface area contributed by atoms with Crippen molar-refractivity contribution >= 4 is 0 Å². The van der Waals surface area contributed by atoms with Crippen LogP contribution < -0.4 is 0 Å². The lowest BCUT2D eigenvalue weighted by molar-refractivity contribution is -0.100. The van der Waals surface area contributed by atoms with Crippen molar-refractivity contribution < 1.29 is 10.2 Å². The predicted octanol–water partition coefficient (Wildman–Crippen LogP) is 2.95. The van der Waals surface area contributed by atoms with Gasteiger partial charge in [-0.1, -0.05) is 30.3 Å². The van der Waals surface area contributed by atoms with E-state index >= 15 is 0 Å². The average Bonchev–Trinajstić information content (AvgIpc) is 2.51. The molecule has 0 atom stereocenters. The summed E-state index contributed by atoms with van der Waals surface area (Å²) in [6, 6.07) is 10.6. The van der Waals surface area contributed by atoms with Gasteiger partial charge in [0, 0.05) is 19.6 Å². The molecule has 1 aliphatic heterocycles. The third-order valence-electron chi connectivity index (χ3n) is 5.79. The van der Waals surface area contributed by atoms with Crippen LogP contribution in [0.1, 0.15) is 51.0 Å². The Balaban J connectivity index is 1.52. The number of piperidine rings is 1. The third-order valence-corrected chi connectivity index (χ3v) is 5.79. The minimum Gasteiger partial charge on any atom is -0.390 e. The van der Waals surface area contributed by atoms with Crippen LogP contribution in [0.3, 0.4) is 0 Å². The summed E-state index contributed by atoms with van der Waals surface area (Å²) in [5.41, 5.74) is 0.325. The van der Waals surface area contributed by atoms with E-state index in [0.29, 0.717) is 5.92 Å². The van der Waals surface area contributed by atoms with Gasteiger partial charge in [-0.15, -0.1) is 0 Å². The van der Waals surface area contributed by atoms with E-state index in [-0.39, 0.29) is 0 Å². The second-order valence-electron chi connectivity index (χ2n) is 7.64. The molecule has 2 aliphatic rings. The van der Waals surface area contributed by atoms with Crippen molar-refractivity contribution in [2.45, 2.75) is 63.2 Å². The molecular weight excluding hydrogens is 274 g/mol. The number of rotatable bonds is 3. The van der Waals surface area contributed by atoms with E-state index in [1.807, 2.05) is 6.92 Å². The first kappa shape index (κ1) is 16.0. The number of nitrogens with zero attached hydrogens (tertiary/aromatic N) is 1.